The van der Waals surface area contributed by atoms with Crippen LogP contribution in [0.5, 0.6) is 0 Å². The molecule has 580 valence electrons. The van der Waals surface area contributed by atoms with Crippen LogP contribution in [0, 0.1) is 0 Å². The molecule has 0 bridgehead atoms. The Bertz CT molecular complexity index is 1980. The molecule has 19 heteroatoms. The Morgan fingerprint density at radius 2 is 0.667 bits per heavy atom. The van der Waals surface area contributed by atoms with E-state index < -0.39 is 124 Å². The van der Waals surface area contributed by atoms with Gasteiger partial charge in [-0.2, -0.15) is 0 Å². The van der Waals surface area contributed by atoms with Crippen LogP contribution < -0.4 is 5.32 Å². The molecule has 12 N–H and O–H groups in total. The van der Waals surface area contributed by atoms with Crippen molar-refractivity contribution < 1.29 is 89.4 Å². The summed E-state index contributed by atoms with van der Waals surface area (Å²) in [5.41, 5.74) is 0. The molecule has 3 aliphatic rings. The van der Waals surface area contributed by atoms with E-state index in [1.54, 1.807) is 6.08 Å². The van der Waals surface area contributed by atoms with E-state index in [9.17, 15) is 61.0 Å². The van der Waals surface area contributed by atoms with Gasteiger partial charge in [0.25, 0.3) is 0 Å². The number of hydrogen-bond donors (Lipinski definition) is 12. The van der Waals surface area contributed by atoms with Crippen LogP contribution in [-0.2, 0) is 33.2 Å². The van der Waals surface area contributed by atoms with Gasteiger partial charge in [0.05, 0.1) is 38.6 Å². The second-order valence-electron chi connectivity index (χ2n) is 28.9. The van der Waals surface area contributed by atoms with Crippen LogP contribution in [0.25, 0.3) is 0 Å². The second-order valence-corrected chi connectivity index (χ2v) is 28.9. The number of carbonyl (C=O) groups is 1. The minimum Gasteiger partial charge on any atom is -0.394 e. The molecule has 3 rings (SSSR count). The number of nitrogens with one attached hydrogen (secondary N) is 1. The highest BCUT2D eigenvalue weighted by molar-refractivity contribution is 5.76. The minimum atomic E-state index is -1.98. The van der Waals surface area contributed by atoms with Crippen molar-refractivity contribution in [1.29, 1.82) is 0 Å². The van der Waals surface area contributed by atoms with Crippen molar-refractivity contribution in [2.45, 2.75) is 426 Å². The molecular weight excluding hydrogens is 1260 g/mol. The summed E-state index contributed by atoms with van der Waals surface area (Å²) < 4.78 is 34.5. The van der Waals surface area contributed by atoms with Crippen molar-refractivity contribution in [2.24, 2.45) is 0 Å². The predicted octanol–water partition coefficient (Wildman–Crippen LogP) is 13.3. The number of unbranched alkanes of at least 4 members (excludes halogenated alkanes) is 42. The smallest absolute Gasteiger partial charge is 0.220 e. The molecule has 17 atom stereocenters. The van der Waals surface area contributed by atoms with E-state index in [0.29, 0.717) is 6.42 Å². The molecule has 0 spiro atoms. The predicted molar refractivity (Wildman–Crippen MR) is 392 cm³/mol. The van der Waals surface area contributed by atoms with E-state index in [2.05, 4.69) is 55.6 Å². The van der Waals surface area contributed by atoms with E-state index in [1.165, 1.54) is 225 Å². The van der Waals surface area contributed by atoms with Gasteiger partial charge in [0.15, 0.2) is 18.9 Å². The standard InChI is InChI=1S/C80H147NO18/c1-3-5-7-9-11-13-15-17-19-21-23-25-27-29-30-31-32-34-35-37-39-41-43-45-47-49-51-53-55-57-64(85)63(81-68(86)58-56-54-52-50-48-46-44-42-40-38-36-33-28-26-24-22-20-18-16-14-12-10-8-6-4-2)62-94-78-74(92)71(89)76(66(60-83)96-78)99-80-75(93)72(90)77(67(61-84)97-80)98-79-73(91)70(88)69(87)65(59-82)95-79/h16,18,22,24,28,33,55,57,63-67,69-80,82-85,87-93H,3-15,17,19-21,23,25-27,29-32,34-54,56,58-62H2,1-2H3,(H,81,86)/b18-16-,24-22-,33-28-,57-55+. The maximum Gasteiger partial charge on any atom is 0.220 e. The van der Waals surface area contributed by atoms with Crippen molar-refractivity contribution in [1.82, 2.24) is 5.32 Å². The average molecular weight is 1410 g/mol. The van der Waals surface area contributed by atoms with Crippen molar-refractivity contribution in [3.8, 4) is 0 Å². The Kier molecular flexibility index (Phi) is 56.0. The maximum absolute atomic E-state index is 13.5. The molecule has 19 nitrogen and oxygen atoms in total. The topological polar surface area (TPSA) is 307 Å². The first kappa shape index (κ1) is 91.0. The third kappa shape index (κ3) is 41.3. The number of rotatable bonds is 64. The zero-order chi connectivity index (χ0) is 71.8. The van der Waals surface area contributed by atoms with Gasteiger partial charge >= 0.3 is 0 Å². The normalized spacial score (nSPS) is 26.8. The Hall–Kier alpha value is -2.25. The SMILES string of the molecule is CCCCCCC/C=C\C/C=C\C/C=C\CCCCCCCCCCCCC(=O)NC(COC1OC(CO)C(OC2OC(CO)C(OC3OC(CO)C(O)C(O)C3O)C(O)C2O)C(O)C1O)C(O)/C=C/CCCCCCCCCCCCCCCCCCCCCCCCCCCCC. The van der Waals surface area contributed by atoms with Crippen LogP contribution in [0.4, 0.5) is 0 Å². The van der Waals surface area contributed by atoms with Crippen LogP contribution in [0.3, 0.4) is 0 Å². The third-order valence-corrected chi connectivity index (χ3v) is 20.1. The zero-order valence-electron chi connectivity index (χ0n) is 62.0. The average Bonchev–Trinajstić information content (AvgIpc) is 0.755. The first-order chi connectivity index (χ1) is 48.3. The first-order valence-corrected chi connectivity index (χ1v) is 40.4. The zero-order valence-corrected chi connectivity index (χ0v) is 62.0. The summed E-state index contributed by atoms with van der Waals surface area (Å²) in [4.78, 5) is 13.5. The lowest BCUT2D eigenvalue weighted by Gasteiger charge is -2.48. The van der Waals surface area contributed by atoms with Gasteiger partial charge < -0.3 is 89.9 Å². The van der Waals surface area contributed by atoms with E-state index >= 15 is 0 Å². The van der Waals surface area contributed by atoms with Gasteiger partial charge in [0.1, 0.15) is 73.2 Å². The summed E-state index contributed by atoms with van der Waals surface area (Å²) in [6.45, 7) is 1.76. The molecule has 17 unspecified atom stereocenters. The van der Waals surface area contributed by atoms with Gasteiger partial charge in [-0.05, 0) is 57.8 Å². The fourth-order valence-electron chi connectivity index (χ4n) is 13.6. The molecule has 0 radical (unpaired) electrons. The molecule has 0 aliphatic carbocycles. The summed E-state index contributed by atoms with van der Waals surface area (Å²) in [6, 6.07) is -0.979. The quantitative estimate of drug-likeness (QED) is 0.0199. The van der Waals surface area contributed by atoms with Gasteiger partial charge in [-0.1, -0.05) is 306 Å². The molecule has 3 heterocycles. The van der Waals surface area contributed by atoms with E-state index in [-0.39, 0.29) is 18.9 Å². The Balaban J connectivity index is 1.39. The minimum absolute atomic E-state index is 0.238. The molecule has 1 amide bonds. The van der Waals surface area contributed by atoms with Crippen molar-refractivity contribution >= 4 is 5.91 Å². The van der Waals surface area contributed by atoms with Crippen LogP contribution in [-0.4, -0.2) is 193 Å². The number of hydrogen-bond acceptors (Lipinski definition) is 18. The fraction of sp³-hybridized carbons (Fsp3) is 0.887. The van der Waals surface area contributed by atoms with E-state index in [0.717, 1.165) is 70.6 Å². The highest BCUT2D eigenvalue weighted by Crippen LogP contribution is 2.33. The highest BCUT2D eigenvalue weighted by Gasteiger charge is 2.54. The second kappa shape index (κ2) is 61.0. The van der Waals surface area contributed by atoms with E-state index in [1.807, 2.05) is 6.08 Å². The molecular formula is C80H147NO18. The molecule has 3 fully saturated rings. The number of allylic oxidation sites excluding steroid dienone is 7. The summed E-state index contributed by atoms with van der Waals surface area (Å²) >= 11 is 0. The molecule has 0 aromatic heterocycles. The van der Waals surface area contributed by atoms with Crippen LogP contribution in [0.2, 0.25) is 0 Å². The van der Waals surface area contributed by atoms with E-state index in [4.69, 9.17) is 28.4 Å². The first-order valence-electron chi connectivity index (χ1n) is 40.4. The Morgan fingerprint density at radius 3 is 1.04 bits per heavy atom. The maximum atomic E-state index is 13.5. The molecule has 0 aromatic carbocycles. The fourth-order valence-corrected chi connectivity index (χ4v) is 13.6. The lowest BCUT2D eigenvalue weighted by molar-refractivity contribution is -0.379. The van der Waals surface area contributed by atoms with Crippen LogP contribution in [0.1, 0.15) is 322 Å². The summed E-state index contributed by atoms with van der Waals surface area (Å²) in [7, 11) is 0. The van der Waals surface area contributed by atoms with Gasteiger partial charge in [0, 0.05) is 6.42 Å². The van der Waals surface area contributed by atoms with Gasteiger partial charge in [-0.3, -0.25) is 4.79 Å². The van der Waals surface area contributed by atoms with Crippen molar-refractivity contribution in [3.05, 3.63) is 48.6 Å². The molecule has 3 aliphatic heterocycles. The number of ether oxygens (including phenoxy) is 6. The largest absolute Gasteiger partial charge is 0.394 e. The number of aliphatic hydroxyl groups excluding tert-OH is 11. The molecule has 0 saturated carbocycles. The van der Waals surface area contributed by atoms with Crippen molar-refractivity contribution in [3.63, 3.8) is 0 Å². The monoisotopic (exact) mass is 1410 g/mol. The molecule has 99 heavy (non-hydrogen) atoms. The van der Waals surface area contributed by atoms with Crippen LogP contribution >= 0.6 is 0 Å². The third-order valence-electron chi connectivity index (χ3n) is 20.1. The van der Waals surface area contributed by atoms with Crippen molar-refractivity contribution in [2.75, 3.05) is 26.4 Å². The lowest BCUT2D eigenvalue weighted by atomic mass is 9.96. The van der Waals surface area contributed by atoms with Crippen LogP contribution in [0.15, 0.2) is 48.6 Å². The van der Waals surface area contributed by atoms with Gasteiger partial charge in [-0.15, -0.1) is 0 Å². The Morgan fingerprint density at radius 1 is 0.364 bits per heavy atom. The summed E-state index contributed by atoms with van der Waals surface area (Å²) in [6.07, 6.45) is 49.5. The molecule has 3 saturated heterocycles. The highest BCUT2D eigenvalue weighted by atomic mass is 16.8. The summed E-state index contributed by atoms with van der Waals surface area (Å²) in [5.74, 6) is -0.276. The Labute approximate surface area is 599 Å². The number of carbonyl (C=O) groups excluding carboxylic acids is 1. The van der Waals surface area contributed by atoms with Gasteiger partial charge in [0.2, 0.25) is 5.91 Å². The molecule has 0 aromatic rings. The summed E-state index contributed by atoms with van der Waals surface area (Å²) in [5, 5.41) is 121. The number of aliphatic hydroxyl groups is 11. The number of amides is 1. The lowest BCUT2D eigenvalue weighted by Crippen LogP contribution is -2.66. The van der Waals surface area contributed by atoms with Gasteiger partial charge in [-0.25, -0.2) is 0 Å².